The van der Waals surface area contributed by atoms with Crippen molar-refractivity contribution in [1.82, 2.24) is 14.9 Å². The van der Waals surface area contributed by atoms with Gasteiger partial charge in [-0.3, -0.25) is 9.69 Å². The smallest absolute Gasteiger partial charge is 0.241 e. The highest BCUT2D eigenvalue weighted by molar-refractivity contribution is 7.89. The van der Waals surface area contributed by atoms with Gasteiger partial charge in [-0.25, -0.2) is 8.42 Å². The van der Waals surface area contributed by atoms with Crippen molar-refractivity contribution in [3.05, 3.63) is 29.8 Å². The Labute approximate surface area is 170 Å². The van der Waals surface area contributed by atoms with Crippen molar-refractivity contribution in [3.63, 3.8) is 0 Å². The first kappa shape index (κ1) is 22.8. The zero-order valence-corrected chi connectivity index (χ0v) is 18.6. The highest BCUT2D eigenvalue weighted by atomic mass is 32.2. The average molecular weight is 410 g/mol. The van der Waals surface area contributed by atoms with Gasteiger partial charge in [0, 0.05) is 18.6 Å². The lowest BCUT2D eigenvalue weighted by atomic mass is 9.91. The van der Waals surface area contributed by atoms with Crippen molar-refractivity contribution in [2.75, 3.05) is 19.6 Å². The normalized spacial score (nSPS) is 20.0. The van der Waals surface area contributed by atoms with Gasteiger partial charge in [0.25, 0.3) is 0 Å². The van der Waals surface area contributed by atoms with E-state index in [2.05, 4.69) is 35.7 Å². The minimum absolute atomic E-state index is 0.164. The number of likely N-dealkylation sites (tertiary alicyclic amines) is 1. The van der Waals surface area contributed by atoms with Gasteiger partial charge in [0.05, 0.1) is 10.9 Å². The summed E-state index contributed by atoms with van der Waals surface area (Å²) in [4.78, 5) is 15.1. The number of amides is 1. The molecule has 7 heteroatoms. The Bertz CT molecular complexity index is 760. The molecule has 1 amide bonds. The molecule has 2 rings (SSSR count). The summed E-state index contributed by atoms with van der Waals surface area (Å²) >= 11 is 0. The van der Waals surface area contributed by atoms with Gasteiger partial charge in [-0.2, -0.15) is 4.72 Å². The van der Waals surface area contributed by atoms with E-state index in [4.69, 9.17) is 0 Å². The zero-order valence-electron chi connectivity index (χ0n) is 17.8. The summed E-state index contributed by atoms with van der Waals surface area (Å²) in [6, 6.07) is 5.73. The first-order valence-corrected chi connectivity index (χ1v) is 11.6. The van der Waals surface area contributed by atoms with Crippen LogP contribution >= 0.6 is 0 Å². The van der Waals surface area contributed by atoms with Crippen molar-refractivity contribution in [3.8, 4) is 0 Å². The van der Waals surface area contributed by atoms with Gasteiger partial charge < -0.3 is 5.32 Å². The average Bonchev–Trinajstić information content (AvgIpc) is 2.66. The van der Waals surface area contributed by atoms with E-state index in [1.54, 1.807) is 31.2 Å². The van der Waals surface area contributed by atoms with E-state index >= 15 is 0 Å². The monoisotopic (exact) mass is 409 g/mol. The van der Waals surface area contributed by atoms with Crippen LogP contribution in [0.1, 0.15) is 52.5 Å². The van der Waals surface area contributed by atoms with Crippen molar-refractivity contribution >= 4 is 15.9 Å². The molecule has 1 aromatic carbocycles. The number of carbonyl (C=O) groups is 1. The second-order valence-corrected chi connectivity index (χ2v) is 10.3. The summed E-state index contributed by atoms with van der Waals surface area (Å²) in [5.74, 6) is 0.400. The third-order valence-corrected chi connectivity index (χ3v) is 7.26. The van der Waals surface area contributed by atoms with Gasteiger partial charge in [-0.05, 0) is 65.1 Å². The number of carbonyl (C=O) groups excluding carboxylic acids is 1. The second-order valence-electron chi connectivity index (χ2n) is 8.55. The van der Waals surface area contributed by atoms with E-state index in [0.29, 0.717) is 12.5 Å². The summed E-state index contributed by atoms with van der Waals surface area (Å²) in [5, 5.41) is 2.93. The van der Waals surface area contributed by atoms with Crippen LogP contribution in [0.15, 0.2) is 29.2 Å². The molecule has 1 fully saturated rings. The van der Waals surface area contributed by atoms with E-state index in [1.807, 2.05) is 6.92 Å². The number of nitrogens with one attached hydrogen (secondary N) is 2. The van der Waals surface area contributed by atoms with Crippen LogP contribution < -0.4 is 10.0 Å². The molecular formula is C21H35N3O3S. The minimum atomic E-state index is -3.73. The zero-order chi connectivity index (χ0) is 20.9. The molecule has 0 aliphatic carbocycles. The minimum Gasteiger partial charge on any atom is -0.353 e. The van der Waals surface area contributed by atoms with E-state index in [9.17, 15) is 13.2 Å². The number of benzene rings is 1. The maximum absolute atomic E-state index is 12.5. The molecule has 1 aliphatic heterocycles. The summed E-state index contributed by atoms with van der Waals surface area (Å²) in [5.41, 5.74) is 0.814. The Morgan fingerprint density at radius 3 is 2.54 bits per heavy atom. The Morgan fingerprint density at radius 2 is 1.93 bits per heavy atom. The van der Waals surface area contributed by atoms with Gasteiger partial charge in [0.2, 0.25) is 15.9 Å². The van der Waals surface area contributed by atoms with Crippen molar-refractivity contribution in [2.24, 2.45) is 5.92 Å². The quantitative estimate of drug-likeness (QED) is 0.692. The second kappa shape index (κ2) is 9.37. The van der Waals surface area contributed by atoms with E-state index in [1.165, 1.54) is 19.3 Å². The molecule has 1 aliphatic rings. The lowest BCUT2D eigenvalue weighted by Crippen LogP contribution is -2.56. The fourth-order valence-corrected chi connectivity index (χ4v) is 4.79. The molecule has 0 spiro atoms. The molecule has 6 nitrogen and oxygen atoms in total. The fraction of sp³-hybridized carbons (Fsp3) is 0.667. The molecule has 0 aromatic heterocycles. The Morgan fingerprint density at radius 1 is 1.29 bits per heavy atom. The molecule has 0 bridgehead atoms. The molecule has 1 aromatic rings. The Kier molecular flexibility index (Phi) is 7.65. The number of aryl methyl sites for hydroxylation is 1. The number of hydrogen-bond donors (Lipinski definition) is 2. The van der Waals surface area contributed by atoms with Gasteiger partial charge >= 0.3 is 0 Å². The predicted octanol–water partition coefficient (Wildman–Crippen LogP) is 2.68. The van der Waals surface area contributed by atoms with Crippen LogP contribution in [0.2, 0.25) is 0 Å². The topological polar surface area (TPSA) is 78.5 Å². The molecule has 1 heterocycles. The first-order chi connectivity index (χ1) is 13.0. The van der Waals surface area contributed by atoms with Crippen molar-refractivity contribution < 1.29 is 13.2 Å². The van der Waals surface area contributed by atoms with Gasteiger partial charge in [-0.15, -0.1) is 0 Å². The number of hydrogen-bond acceptors (Lipinski definition) is 4. The van der Waals surface area contributed by atoms with Crippen LogP contribution in [0, 0.1) is 12.8 Å². The lowest BCUT2D eigenvalue weighted by Gasteiger charge is -2.43. The summed E-state index contributed by atoms with van der Waals surface area (Å²) in [6.45, 7) is 12.5. The van der Waals surface area contributed by atoms with Crippen LogP contribution in [-0.2, 0) is 14.8 Å². The third kappa shape index (κ3) is 6.03. The molecule has 1 saturated heterocycles. The van der Waals surface area contributed by atoms with Crippen LogP contribution in [0.3, 0.4) is 0 Å². The molecule has 158 valence electrons. The van der Waals surface area contributed by atoms with Crippen LogP contribution in [-0.4, -0.2) is 50.4 Å². The Hall–Kier alpha value is -1.44. The van der Waals surface area contributed by atoms with E-state index in [0.717, 1.165) is 18.7 Å². The maximum atomic E-state index is 12.5. The standard InChI is InChI=1S/C21H35N3O3S/c1-6-18-8-7-13-24(14-18)21(4,5)15-22-20(25)17(3)23-28(26,27)19-11-9-16(2)10-12-19/h9-12,17-18,23H,6-8,13-15H2,1-5H3,(H,22,25)/t17-,18?/m0/s1. The first-order valence-electron chi connectivity index (χ1n) is 10.2. The van der Waals surface area contributed by atoms with Gasteiger partial charge in [0.15, 0.2) is 0 Å². The maximum Gasteiger partial charge on any atom is 0.241 e. The van der Waals surface area contributed by atoms with Gasteiger partial charge in [0.1, 0.15) is 0 Å². The SMILES string of the molecule is CCC1CCCN(C(C)(C)CNC(=O)[C@H](C)NS(=O)(=O)c2ccc(C)cc2)C1. The third-order valence-electron chi connectivity index (χ3n) is 5.70. The molecule has 1 unspecified atom stereocenters. The van der Waals surface area contributed by atoms with Crippen molar-refractivity contribution in [1.29, 1.82) is 0 Å². The predicted molar refractivity (Wildman–Crippen MR) is 113 cm³/mol. The molecule has 2 N–H and O–H groups in total. The molecule has 0 radical (unpaired) electrons. The Balaban J connectivity index is 1.91. The number of rotatable bonds is 8. The number of nitrogens with zero attached hydrogens (tertiary/aromatic N) is 1. The van der Waals surface area contributed by atoms with Crippen LogP contribution in [0.4, 0.5) is 0 Å². The number of sulfonamides is 1. The van der Waals surface area contributed by atoms with Crippen molar-refractivity contribution in [2.45, 2.75) is 70.4 Å². The fourth-order valence-electron chi connectivity index (χ4n) is 3.59. The largest absolute Gasteiger partial charge is 0.353 e. The van der Waals surface area contributed by atoms with Gasteiger partial charge in [-0.1, -0.05) is 31.0 Å². The highest BCUT2D eigenvalue weighted by Crippen LogP contribution is 2.25. The summed E-state index contributed by atoms with van der Waals surface area (Å²) < 4.78 is 27.4. The molecular weight excluding hydrogens is 374 g/mol. The van der Waals surface area contributed by atoms with Crippen LogP contribution in [0.5, 0.6) is 0 Å². The molecule has 2 atom stereocenters. The summed E-state index contributed by atoms with van der Waals surface area (Å²) in [7, 11) is -3.73. The molecule has 28 heavy (non-hydrogen) atoms. The highest BCUT2D eigenvalue weighted by Gasteiger charge is 2.32. The molecule has 0 saturated carbocycles. The van der Waals surface area contributed by atoms with Crippen LogP contribution in [0.25, 0.3) is 0 Å². The number of piperidine rings is 1. The van der Waals surface area contributed by atoms with E-state index in [-0.39, 0.29) is 16.3 Å². The lowest BCUT2D eigenvalue weighted by molar-refractivity contribution is -0.123. The van der Waals surface area contributed by atoms with E-state index < -0.39 is 16.1 Å². The summed E-state index contributed by atoms with van der Waals surface area (Å²) in [6.07, 6.45) is 3.63.